The van der Waals surface area contributed by atoms with Crippen molar-refractivity contribution in [3.05, 3.63) is 132 Å². The van der Waals surface area contributed by atoms with Gasteiger partial charge in [-0.25, -0.2) is 19.0 Å². The van der Waals surface area contributed by atoms with Crippen LogP contribution in [0.4, 0.5) is 10.1 Å². The third kappa shape index (κ3) is 7.62. The summed E-state index contributed by atoms with van der Waals surface area (Å²) >= 11 is 0. The van der Waals surface area contributed by atoms with E-state index in [-0.39, 0.29) is 17.2 Å². The van der Waals surface area contributed by atoms with Gasteiger partial charge in [-0.05, 0) is 71.9 Å². The summed E-state index contributed by atoms with van der Waals surface area (Å²) in [5, 5.41) is 26.0. The molecule has 2 aliphatic heterocycles. The maximum atomic E-state index is 13.1. The van der Waals surface area contributed by atoms with Crippen LogP contribution in [-0.4, -0.2) is 49.7 Å². The minimum atomic E-state index is -1.05. The van der Waals surface area contributed by atoms with Gasteiger partial charge in [-0.2, -0.15) is 0 Å². The molecule has 1 unspecified atom stereocenters. The standard InChI is InChI=1S/C19H20N2O4.C15H13FN3O2P/c1-3-8-21-13(2)4-6-15(18(21)19(22)23)20-12-14-5-7-16-17(11-14)25-10-9-24-16;16-10-2-1-9(12(22)7-10)8-18-11-3-4-13-17-5-6-19(13)14(11)15(20)21/h3-8,11,20H,2,9-10,12H2,1H3,(H,22,23);1-7,18H,8,22H2,(H,20,21)/b8-3-;. The van der Waals surface area contributed by atoms with E-state index >= 15 is 0 Å². The number of carbonyl (C=O) groups is 2. The molecule has 4 aromatic rings. The van der Waals surface area contributed by atoms with Gasteiger partial charge in [0.25, 0.3) is 0 Å². The Morgan fingerprint density at radius 3 is 2.53 bits per heavy atom. The number of carboxylic acid groups (broad SMARTS) is 2. The van der Waals surface area contributed by atoms with Gasteiger partial charge in [0.05, 0.1) is 11.4 Å². The Morgan fingerprint density at radius 1 is 1.02 bits per heavy atom. The number of hydrogen-bond donors (Lipinski definition) is 4. The molecule has 0 saturated heterocycles. The van der Waals surface area contributed by atoms with Crippen LogP contribution in [0.25, 0.3) is 5.65 Å². The molecule has 0 spiro atoms. The predicted molar refractivity (Wildman–Crippen MR) is 179 cm³/mol. The van der Waals surface area contributed by atoms with Crippen molar-refractivity contribution in [1.29, 1.82) is 0 Å². The van der Waals surface area contributed by atoms with E-state index in [1.807, 2.05) is 25.1 Å². The van der Waals surface area contributed by atoms with Crippen LogP contribution in [-0.2, 0) is 17.9 Å². The molecule has 0 amide bonds. The summed E-state index contributed by atoms with van der Waals surface area (Å²) in [5.74, 6) is -0.931. The summed E-state index contributed by atoms with van der Waals surface area (Å²) in [6, 6.07) is 13.6. The Morgan fingerprint density at radius 2 is 1.81 bits per heavy atom. The smallest absolute Gasteiger partial charge is 0.355 e. The van der Waals surface area contributed by atoms with Gasteiger partial charge in [0, 0.05) is 37.4 Å². The lowest BCUT2D eigenvalue weighted by Gasteiger charge is -2.27. The molecular formula is C34H33FN5O6P. The molecule has 6 rings (SSSR count). The van der Waals surface area contributed by atoms with E-state index in [0.29, 0.717) is 54.8 Å². The first-order chi connectivity index (χ1) is 22.7. The number of carboxylic acids is 2. The van der Waals surface area contributed by atoms with Gasteiger partial charge in [-0.1, -0.05) is 24.8 Å². The van der Waals surface area contributed by atoms with Gasteiger partial charge in [0.15, 0.2) is 22.9 Å². The number of nitrogens with one attached hydrogen (secondary N) is 2. The third-order valence-electron chi connectivity index (χ3n) is 7.18. The highest BCUT2D eigenvalue weighted by molar-refractivity contribution is 7.27. The minimum absolute atomic E-state index is 0.113. The number of fused-ring (bicyclic) bond motifs is 2. The lowest BCUT2D eigenvalue weighted by molar-refractivity contribution is -0.134. The van der Waals surface area contributed by atoms with Crippen molar-refractivity contribution in [3.63, 3.8) is 0 Å². The van der Waals surface area contributed by atoms with E-state index in [9.17, 15) is 24.2 Å². The summed E-state index contributed by atoms with van der Waals surface area (Å²) < 4.78 is 25.7. The number of anilines is 1. The van der Waals surface area contributed by atoms with Gasteiger partial charge in [0.1, 0.15) is 24.7 Å². The van der Waals surface area contributed by atoms with Crippen molar-refractivity contribution >= 4 is 37.8 Å². The Labute approximate surface area is 272 Å². The second-order valence-corrected chi connectivity index (χ2v) is 11.0. The molecule has 2 aromatic carbocycles. The fourth-order valence-electron chi connectivity index (χ4n) is 4.96. The van der Waals surface area contributed by atoms with Crippen molar-refractivity contribution in [3.8, 4) is 11.5 Å². The second kappa shape index (κ2) is 14.7. The van der Waals surface area contributed by atoms with Gasteiger partial charge >= 0.3 is 11.9 Å². The fraction of sp³-hybridized carbons (Fsp3) is 0.147. The number of rotatable bonds is 9. The largest absolute Gasteiger partial charge is 0.486 e. The molecule has 0 bridgehead atoms. The quantitative estimate of drug-likeness (QED) is 0.181. The molecule has 13 heteroatoms. The van der Waals surface area contributed by atoms with Crippen LogP contribution in [0, 0.1) is 5.82 Å². The highest BCUT2D eigenvalue weighted by Gasteiger charge is 2.24. The molecule has 4 N–H and O–H groups in total. The molecule has 242 valence electrons. The van der Waals surface area contributed by atoms with E-state index in [4.69, 9.17) is 9.47 Å². The maximum absolute atomic E-state index is 13.1. The summed E-state index contributed by atoms with van der Waals surface area (Å²) in [6.45, 7) is 7.64. The highest BCUT2D eigenvalue weighted by Crippen LogP contribution is 2.31. The average Bonchev–Trinajstić information content (AvgIpc) is 3.53. The lowest BCUT2D eigenvalue weighted by Crippen LogP contribution is -2.29. The first kappa shape index (κ1) is 32.8. The van der Waals surface area contributed by atoms with Gasteiger partial charge in [-0.15, -0.1) is 9.24 Å². The van der Waals surface area contributed by atoms with Crippen LogP contribution < -0.4 is 25.4 Å². The Kier molecular flexibility index (Phi) is 10.2. The minimum Gasteiger partial charge on any atom is -0.486 e. The number of pyridine rings is 1. The van der Waals surface area contributed by atoms with Crippen LogP contribution in [0.5, 0.6) is 11.5 Å². The zero-order valence-corrected chi connectivity index (χ0v) is 26.6. The molecule has 0 radical (unpaired) electrons. The highest BCUT2D eigenvalue weighted by atomic mass is 31.0. The Bertz CT molecular complexity index is 1940. The Hall–Kier alpha value is -5.61. The summed E-state index contributed by atoms with van der Waals surface area (Å²) in [4.78, 5) is 28.8. The number of aromatic nitrogens is 2. The molecule has 0 fully saturated rings. The van der Waals surface area contributed by atoms with E-state index in [1.165, 1.54) is 16.5 Å². The van der Waals surface area contributed by atoms with Crippen LogP contribution in [0.15, 0.2) is 109 Å². The Balaban J connectivity index is 0.000000186. The molecule has 0 saturated carbocycles. The van der Waals surface area contributed by atoms with Gasteiger partial charge in [0.2, 0.25) is 0 Å². The van der Waals surface area contributed by atoms with E-state index < -0.39 is 11.9 Å². The first-order valence-corrected chi connectivity index (χ1v) is 15.1. The van der Waals surface area contributed by atoms with Crippen molar-refractivity contribution in [2.75, 3.05) is 18.5 Å². The van der Waals surface area contributed by atoms with Crippen LogP contribution in [0.3, 0.4) is 0 Å². The lowest BCUT2D eigenvalue weighted by atomic mass is 10.1. The van der Waals surface area contributed by atoms with E-state index in [1.54, 1.807) is 59.9 Å². The maximum Gasteiger partial charge on any atom is 0.355 e. The van der Waals surface area contributed by atoms with Crippen molar-refractivity contribution in [2.45, 2.75) is 20.0 Å². The predicted octanol–water partition coefficient (Wildman–Crippen LogP) is 5.05. The number of ether oxygens (including phenoxy) is 2. The van der Waals surface area contributed by atoms with Gasteiger partial charge in [-0.3, -0.25) is 4.40 Å². The molecule has 0 aliphatic carbocycles. The SMILES string of the molecule is C=C1C=CC(NCc2ccc3c(c2)OCCO3)=C(C(=O)O)N1/C=C\C.O=C(O)c1c(NCc2ccc(F)cc2P)ccc2nccn12. The van der Waals surface area contributed by atoms with Crippen molar-refractivity contribution in [1.82, 2.24) is 19.6 Å². The van der Waals surface area contributed by atoms with E-state index in [0.717, 1.165) is 22.2 Å². The zero-order chi connectivity index (χ0) is 33.5. The number of halogens is 1. The van der Waals surface area contributed by atoms with Crippen molar-refractivity contribution in [2.24, 2.45) is 0 Å². The first-order valence-electron chi connectivity index (χ1n) is 14.5. The van der Waals surface area contributed by atoms with Crippen molar-refractivity contribution < 1.29 is 33.7 Å². The normalized spacial score (nSPS) is 13.9. The fourth-order valence-corrected chi connectivity index (χ4v) is 5.32. The van der Waals surface area contributed by atoms with E-state index in [2.05, 4.69) is 31.4 Å². The molecule has 2 aromatic heterocycles. The van der Waals surface area contributed by atoms with Gasteiger partial charge < -0.3 is 35.2 Å². The van der Waals surface area contributed by atoms with Crippen LogP contribution >= 0.6 is 9.24 Å². The molecular weight excluding hydrogens is 624 g/mol. The number of benzene rings is 2. The number of nitrogens with zero attached hydrogens (tertiary/aromatic N) is 3. The molecule has 1 atom stereocenters. The monoisotopic (exact) mass is 657 g/mol. The number of hydrogen-bond acceptors (Lipinski definition) is 8. The summed E-state index contributed by atoms with van der Waals surface area (Å²) in [5.41, 5.74) is 4.26. The zero-order valence-electron chi connectivity index (χ0n) is 25.4. The van der Waals surface area contributed by atoms with Crippen LogP contribution in [0.2, 0.25) is 0 Å². The molecule has 47 heavy (non-hydrogen) atoms. The number of aliphatic carboxylic acids is 1. The summed E-state index contributed by atoms with van der Waals surface area (Å²) in [7, 11) is 2.47. The van der Waals surface area contributed by atoms with Crippen LogP contribution in [0.1, 0.15) is 28.5 Å². The number of allylic oxidation sites excluding steroid dienone is 3. The molecule has 2 aliphatic rings. The number of aromatic carboxylic acids is 1. The third-order valence-corrected chi connectivity index (χ3v) is 7.72. The second-order valence-electron chi connectivity index (χ2n) is 10.3. The summed E-state index contributed by atoms with van der Waals surface area (Å²) in [6.07, 6.45) is 10.1. The average molecular weight is 658 g/mol. The molecule has 11 nitrogen and oxygen atoms in total. The topological polar surface area (TPSA) is 138 Å². The molecule has 4 heterocycles. The number of imidazole rings is 1.